The van der Waals surface area contributed by atoms with Crippen molar-refractivity contribution in [1.29, 1.82) is 0 Å². The van der Waals surface area contributed by atoms with Crippen LogP contribution in [-0.4, -0.2) is 39.7 Å². The number of ether oxygens (including phenoxy) is 1. The van der Waals surface area contributed by atoms with E-state index in [-0.39, 0.29) is 17.0 Å². The largest absolute Gasteiger partial charge is 0.407 e. The molecule has 1 aliphatic heterocycles. The Labute approximate surface area is 153 Å². The van der Waals surface area contributed by atoms with Crippen LogP contribution in [0.1, 0.15) is 87.5 Å². The van der Waals surface area contributed by atoms with Crippen molar-refractivity contribution < 1.29 is 14.4 Å². The molecule has 25 heavy (non-hydrogen) atoms. The number of hydrogen-bond acceptors (Lipinski definition) is 5. The highest BCUT2D eigenvalue weighted by Gasteiger charge is 2.45. The quantitative estimate of drug-likeness (QED) is 0.540. The third-order valence-electron chi connectivity index (χ3n) is 5.43. The number of rotatable bonds is 5. The fraction of sp³-hybridized carbons (Fsp3) is 0.900. The minimum absolute atomic E-state index is 0.106. The van der Waals surface area contributed by atoms with E-state index in [9.17, 15) is 4.79 Å². The van der Waals surface area contributed by atoms with Crippen molar-refractivity contribution in [3.8, 4) is 0 Å². The van der Waals surface area contributed by atoms with Gasteiger partial charge in [-0.2, -0.15) is 5.06 Å². The molecular weight excluding hydrogens is 316 g/mol. The summed E-state index contributed by atoms with van der Waals surface area (Å²) in [4.78, 5) is 22.7. The van der Waals surface area contributed by atoms with Crippen molar-refractivity contribution in [3.63, 3.8) is 0 Å². The van der Waals surface area contributed by atoms with Crippen LogP contribution in [0.15, 0.2) is 4.99 Å². The number of aliphatic imine (C=N–C) groups is 1. The maximum atomic E-state index is 11.9. The molecule has 0 N–H and O–H groups in total. The average molecular weight is 353 g/mol. The molecule has 5 heteroatoms. The molecule has 0 amide bonds. The first-order valence-corrected chi connectivity index (χ1v) is 9.65. The predicted molar refractivity (Wildman–Crippen MR) is 100 cm³/mol. The molecule has 2 aliphatic rings. The van der Waals surface area contributed by atoms with Gasteiger partial charge in [0.25, 0.3) is 0 Å². The van der Waals surface area contributed by atoms with Crippen molar-refractivity contribution in [1.82, 2.24) is 5.06 Å². The van der Waals surface area contributed by atoms with Gasteiger partial charge in [0.1, 0.15) is 0 Å². The third-order valence-corrected chi connectivity index (χ3v) is 5.43. The lowest BCUT2D eigenvalue weighted by Crippen LogP contribution is -2.59. The molecule has 1 heterocycles. The maximum absolute atomic E-state index is 11.9. The number of carbonyl (C=O) groups excluding carboxylic acids is 1. The Morgan fingerprint density at radius 1 is 1.16 bits per heavy atom. The lowest BCUT2D eigenvalue weighted by Gasteiger charge is -2.51. The summed E-state index contributed by atoms with van der Waals surface area (Å²) in [5.74, 6) is 0.660. The molecule has 0 aromatic rings. The molecule has 0 bridgehead atoms. The summed E-state index contributed by atoms with van der Waals surface area (Å²) < 4.78 is 5.37. The Morgan fingerprint density at radius 2 is 1.72 bits per heavy atom. The van der Waals surface area contributed by atoms with Crippen LogP contribution in [-0.2, 0) is 14.4 Å². The van der Waals surface area contributed by atoms with E-state index >= 15 is 0 Å². The summed E-state index contributed by atoms with van der Waals surface area (Å²) in [6, 6.07) is 0. The number of esters is 1. The van der Waals surface area contributed by atoms with Crippen LogP contribution in [0, 0.1) is 5.92 Å². The summed E-state index contributed by atoms with van der Waals surface area (Å²) in [5, 5.41) is 2.11. The van der Waals surface area contributed by atoms with Crippen LogP contribution in [0.25, 0.3) is 0 Å². The van der Waals surface area contributed by atoms with Gasteiger partial charge < -0.3 is 4.74 Å². The Morgan fingerprint density at radius 3 is 2.16 bits per heavy atom. The van der Waals surface area contributed by atoms with Gasteiger partial charge in [0.2, 0.25) is 5.90 Å². The number of hydroxylamine groups is 2. The predicted octanol–water partition coefficient (Wildman–Crippen LogP) is 4.50. The first kappa shape index (κ1) is 20.4. The van der Waals surface area contributed by atoms with Crippen molar-refractivity contribution in [2.75, 3.05) is 0 Å². The second-order valence-electron chi connectivity index (χ2n) is 9.60. The summed E-state index contributed by atoms with van der Waals surface area (Å²) in [7, 11) is 0. The van der Waals surface area contributed by atoms with Gasteiger partial charge in [-0.3, -0.25) is 4.84 Å². The lowest BCUT2D eigenvalue weighted by atomic mass is 9.75. The molecular formula is C20H36N2O3. The Bertz CT molecular complexity index is 526. The fourth-order valence-corrected chi connectivity index (χ4v) is 4.07. The zero-order valence-electron chi connectivity index (χ0n) is 17.3. The fourth-order valence-electron chi connectivity index (χ4n) is 4.07. The van der Waals surface area contributed by atoms with Gasteiger partial charge in [-0.25, -0.2) is 9.79 Å². The molecule has 2 rings (SSSR count). The summed E-state index contributed by atoms with van der Waals surface area (Å²) in [5.41, 5.74) is -1.10. The smallest absolute Gasteiger partial charge is 0.340 e. The zero-order valence-corrected chi connectivity index (χ0v) is 17.3. The lowest BCUT2D eigenvalue weighted by molar-refractivity contribution is -0.286. The van der Waals surface area contributed by atoms with E-state index in [2.05, 4.69) is 44.7 Å². The van der Waals surface area contributed by atoms with Gasteiger partial charge in [0.15, 0.2) is 11.6 Å². The third kappa shape index (κ3) is 4.43. The second kappa shape index (κ2) is 6.99. The van der Waals surface area contributed by atoms with Crippen LogP contribution in [0.3, 0.4) is 0 Å². The highest BCUT2D eigenvalue weighted by molar-refractivity contribution is 6.01. The monoisotopic (exact) mass is 352 g/mol. The standard InChI is InChI=1S/C20H36N2O3/c1-14(16-21-19(5,6)17(23)24-16)25-22(18(2,3)4)20(7,8)15-12-10-9-11-13-15/h14-15H,9-13H2,1-8H3. The maximum Gasteiger partial charge on any atom is 0.340 e. The van der Waals surface area contributed by atoms with Gasteiger partial charge in [-0.1, -0.05) is 19.3 Å². The first-order chi connectivity index (χ1) is 11.4. The average Bonchev–Trinajstić information content (AvgIpc) is 2.78. The Kier molecular flexibility index (Phi) is 5.70. The van der Waals surface area contributed by atoms with Gasteiger partial charge in [0.05, 0.1) is 0 Å². The van der Waals surface area contributed by atoms with Crippen molar-refractivity contribution >= 4 is 11.9 Å². The minimum Gasteiger partial charge on any atom is -0.407 e. The molecule has 0 radical (unpaired) electrons. The summed E-state index contributed by atoms with van der Waals surface area (Å²) >= 11 is 0. The van der Waals surface area contributed by atoms with Crippen LogP contribution in [0.5, 0.6) is 0 Å². The second-order valence-corrected chi connectivity index (χ2v) is 9.60. The Hall–Kier alpha value is -0.940. The molecule has 0 aromatic heterocycles. The normalized spacial score (nSPS) is 23.6. The van der Waals surface area contributed by atoms with Gasteiger partial charge >= 0.3 is 5.97 Å². The van der Waals surface area contributed by atoms with E-state index in [1.54, 1.807) is 13.8 Å². The van der Waals surface area contributed by atoms with Crippen LogP contribution >= 0.6 is 0 Å². The van der Waals surface area contributed by atoms with Gasteiger partial charge in [0, 0.05) is 11.1 Å². The molecule has 0 aromatic carbocycles. The highest BCUT2D eigenvalue weighted by atomic mass is 16.7. The van der Waals surface area contributed by atoms with Gasteiger partial charge in [-0.05, 0) is 74.1 Å². The van der Waals surface area contributed by atoms with Crippen molar-refractivity contribution in [2.24, 2.45) is 10.9 Å². The van der Waals surface area contributed by atoms with Crippen molar-refractivity contribution in [2.45, 2.75) is 110 Å². The molecule has 1 unspecified atom stereocenters. The van der Waals surface area contributed by atoms with E-state index in [1.165, 1.54) is 32.1 Å². The topological polar surface area (TPSA) is 51.1 Å². The van der Waals surface area contributed by atoms with E-state index in [0.29, 0.717) is 11.8 Å². The molecule has 144 valence electrons. The first-order valence-electron chi connectivity index (χ1n) is 9.65. The molecule has 5 nitrogen and oxygen atoms in total. The van der Waals surface area contributed by atoms with Crippen molar-refractivity contribution in [3.05, 3.63) is 0 Å². The van der Waals surface area contributed by atoms with E-state index < -0.39 is 11.6 Å². The highest BCUT2D eigenvalue weighted by Crippen LogP contribution is 2.40. The molecule has 1 aliphatic carbocycles. The van der Waals surface area contributed by atoms with Crippen LogP contribution < -0.4 is 0 Å². The van der Waals surface area contributed by atoms with Crippen LogP contribution in [0.4, 0.5) is 0 Å². The number of cyclic esters (lactones) is 1. The SMILES string of the molecule is CC(ON(C(C)(C)C)C(C)(C)C1CCCCC1)C1=NC(C)(C)C(=O)O1. The molecule has 1 saturated carbocycles. The molecule has 1 atom stereocenters. The molecule has 0 spiro atoms. The zero-order chi connectivity index (χ0) is 19.0. The molecule has 0 saturated heterocycles. The summed E-state index contributed by atoms with van der Waals surface area (Å²) in [6.07, 6.45) is 6.00. The van der Waals surface area contributed by atoms with E-state index in [0.717, 1.165) is 0 Å². The molecule has 1 fully saturated rings. The van der Waals surface area contributed by atoms with E-state index in [1.807, 2.05) is 6.92 Å². The minimum atomic E-state index is -0.821. The Balaban J connectivity index is 2.19. The number of hydrogen-bond donors (Lipinski definition) is 0. The summed E-state index contributed by atoms with van der Waals surface area (Å²) in [6.45, 7) is 16.5. The van der Waals surface area contributed by atoms with Gasteiger partial charge in [-0.15, -0.1) is 0 Å². The van der Waals surface area contributed by atoms with E-state index in [4.69, 9.17) is 9.57 Å². The van der Waals surface area contributed by atoms with Crippen LogP contribution in [0.2, 0.25) is 0 Å². The number of carbonyl (C=O) groups is 1. The number of nitrogens with zero attached hydrogens (tertiary/aromatic N) is 2.